The van der Waals surface area contributed by atoms with Crippen molar-refractivity contribution in [3.8, 4) is 11.1 Å². The molecule has 2 amide bonds. The topological polar surface area (TPSA) is 95.9 Å². The van der Waals surface area contributed by atoms with Gasteiger partial charge in [0.1, 0.15) is 18.7 Å². The van der Waals surface area contributed by atoms with Gasteiger partial charge in [-0.05, 0) is 35.6 Å². The van der Waals surface area contributed by atoms with Crippen molar-refractivity contribution in [2.75, 3.05) is 19.7 Å². The number of amides is 2. The van der Waals surface area contributed by atoms with Crippen molar-refractivity contribution in [1.29, 1.82) is 0 Å². The Morgan fingerprint density at radius 1 is 1.12 bits per heavy atom. The maximum Gasteiger partial charge on any atom is 0.408 e. The van der Waals surface area contributed by atoms with E-state index in [9.17, 15) is 14.4 Å². The van der Waals surface area contributed by atoms with Crippen molar-refractivity contribution in [2.45, 2.75) is 31.7 Å². The molecular formula is C25H28N2O5. The third-order valence-electron chi connectivity index (χ3n) is 5.86. The zero-order valence-electron chi connectivity index (χ0n) is 18.3. The molecule has 0 aromatic heterocycles. The van der Waals surface area contributed by atoms with Gasteiger partial charge in [-0.3, -0.25) is 9.59 Å². The molecule has 2 aromatic rings. The standard InChI is InChI=1S/C25H28N2O5/c1-4-14-27(15-22(28)29)23(30)25(3,5-2)26-24(31)32-16-21-19-12-8-6-10-17(19)18-11-7-9-13-20(18)21/h4,6-13,21H,1,5,14-16H2,2-3H3,(H,26,31)(H,28,29). The summed E-state index contributed by atoms with van der Waals surface area (Å²) < 4.78 is 5.55. The van der Waals surface area contributed by atoms with Crippen LogP contribution in [0.4, 0.5) is 4.79 Å². The summed E-state index contributed by atoms with van der Waals surface area (Å²) in [6.45, 7) is 6.59. The Hall–Kier alpha value is -3.61. The van der Waals surface area contributed by atoms with Crippen molar-refractivity contribution in [3.05, 3.63) is 72.3 Å². The number of carboxylic acid groups (broad SMARTS) is 1. The predicted molar refractivity (Wildman–Crippen MR) is 121 cm³/mol. The van der Waals surface area contributed by atoms with Crippen molar-refractivity contribution in [2.24, 2.45) is 0 Å². The van der Waals surface area contributed by atoms with Gasteiger partial charge >= 0.3 is 12.1 Å². The summed E-state index contributed by atoms with van der Waals surface area (Å²) in [5, 5.41) is 11.8. The average molecular weight is 437 g/mol. The first kappa shape index (κ1) is 23.1. The van der Waals surface area contributed by atoms with Crippen LogP contribution in [0.5, 0.6) is 0 Å². The smallest absolute Gasteiger partial charge is 0.408 e. The zero-order chi connectivity index (χ0) is 23.3. The van der Waals surface area contributed by atoms with E-state index in [0.29, 0.717) is 0 Å². The molecule has 0 heterocycles. The van der Waals surface area contributed by atoms with Gasteiger partial charge in [0.25, 0.3) is 0 Å². The monoisotopic (exact) mass is 436 g/mol. The number of carbonyl (C=O) groups excluding carboxylic acids is 2. The molecule has 1 aliphatic carbocycles. The maximum absolute atomic E-state index is 13.0. The lowest BCUT2D eigenvalue weighted by atomic mass is 9.96. The zero-order valence-corrected chi connectivity index (χ0v) is 18.3. The highest BCUT2D eigenvalue weighted by atomic mass is 16.5. The first-order chi connectivity index (χ1) is 15.3. The van der Waals surface area contributed by atoms with E-state index in [-0.39, 0.29) is 25.5 Å². The Bertz CT molecular complexity index is 989. The second-order valence-corrected chi connectivity index (χ2v) is 8.00. The molecular weight excluding hydrogens is 408 g/mol. The van der Waals surface area contributed by atoms with E-state index in [4.69, 9.17) is 9.84 Å². The Kier molecular flexibility index (Phi) is 6.98. The van der Waals surface area contributed by atoms with Gasteiger partial charge in [0, 0.05) is 12.5 Å². The molecule has 0 aliphatic heterocycles. The third-order valence-corrected chi connectivity index (χ3v) is 5.86. The number of alkyl carbamates (subject to hydrolysis) is 1. The quantitative estimate of drug-likeness (QED) is 0.583. The van der Waals surface area contributed by atoms with Crippen LogP contribution in [-0.2, 0) is 14.3 Å². The fourth-order valence-electron chi connectivity index (χ4n) is 4.04. The number of carbonyl (C=O) groups is 3. The van der Waals surface area contributed by atoms with E-state index in [1.165, 1.54) is 6.08 Å². The summed E-state index contributed by atoms with van der Waals surface area (Å²) in [5.41, 5.74) is 3.13. The van der Waals surface area contributed by atoms with Crippen molar-refractivity contribution in [1.82, 2.24) is 10.2 Å². The lowest BCUT2D eigenvalue weighted by Crippen LogP contribution is -2.58. The number of hydrogen-bond donors (Lipinski definition) is 2. The molecule has 0 saturated heterocycles. The van der Waals surface area contributed by atoms with Crippen molar-refractivity contribution in [3.63, 3.8) is 0 Å². The van der Waals surface area contributed by atoms with Crippen LogP contribution in [0.15, 0.2) is 61.2 Å². The van der Waals surface area contributed by atoms with Gasteiger partial charge in [-0.15, -0.1) is 6.58 Å². The summed E-state index contributed by atoms with van der Waals surface area (Å²) in [7, 11) is 0. The van der Waals surface area contributed by atoms with E-state index in [0.717, 1.165) is 27.2 Å². The number of ether oxygens (including phenoxy) is 1. The molecule has 3 rings (SSSR count). The second-order valence-electron chi connectivity index (χ2n) is 8.00. The Labute approximate surface area is 187 Å². The second kappa shape index (κ2) is 9.68. The van der Waals surface area contributed by atoms with Crippen LogP contribution in [0, 0.1) is 0 Å². The average Bonchev–Trinajstić information content (AvgIpc) is 3.10. The minimum absolute atomic E-state index is 0.0626. The van der Waals surface area contributed by atoms with Gasteiger partial charge < -0.3 is 20.1 Å². The number of carboxylic acids is 1. The fourth-order valence-corrected chi connectivity index (χ4v) is 4.04. The highest BCUT2D eigenvalue weighted by molar-refractivity contribution is 5.91. The molecule has 0 saturated carbocycles. The van der Waals surface area contributed by atoms with Gasteiger partial charge in [0.15, 0.2) is 0 Å². The number of rotatable bonds is 9. The molecule has 1 atom stereocenters. The van der Waals surface area contributed by atoms with Crippen LogP contribution < -0.4 is 5.32 Å². The van der Waals surface area contributed by atoms with Crippen molar-refractivity contribution >= 4 is 18.0 Å². The highest BCUT2D eigenvalue weighted by Crippen LogP contribution is 2.44. The first-order valence-electron chi connectivity index (χ1n) is 10.6. The largest absolute Gasteiger partial charge is 0.480 e. The summed E-state index contributed by atoms with van der Waals surface area (Å²) >= 11 is 0. The first-order valence-corrected chi connectivity index (χ1v) is 10.6. The van der Waals surface area contributed by atoms with Crippen LogP contribution >= 0.6 is 0 Å². The minimum atomic E-state index is -1.30. The van der Waals surface area contributed by atoms with Gasteiger partial charge in [-0.25, -0.2) is 4.79 Å². The Morgan fingerprint density at radius 3 is 2.19 bits per heavy atom. The number of fused-ring (bicyclic) bond motifs is 3. The number of nitrogens with one attached hydrogen (secondary N) is 1. The van der Waals surface area contributed by atoms with Crippen LogP contribution in [-0.4, -0.2) is 53.2 Å². The van der Waals surface area contributed by atoms with E-state index >= 15 is 0 Å². The molecule has 0 bridgehead atoms. The molecule has 0 fully saturated rings. The van der Waals surface area contributed by atoms with Crippen LogP contribution in [0.2, 0.25) is 0 Å². The van der Waals surface area contributed by atoms with Gasteiger partial charge in [0.2, 0.25) is 5.91 Å². The minimum Gasteiger partial charge on any atom is -0.480 e. The lowest BCUT2D eigenvalue weighted by Gasteiger charge is -2.33. The Morgan fingerprint density at radius 2 is 1.69 bits per heavy atom. The molecule has 2 N–H and O–H groups in total. The van der Waals surface area contributed by atoms with E-state index in [1.54, 1.807) is 13.8 Å². The normalized spacial score (nSPS) is 13.9. The van der Waals surface area contributed by atoms with Crippen LogP contribution in [0.25, 0.3) is 11.1 Å². The highest BCUT2D eigenvalue weighted by Gasteiger charge is 2.38. The number of nitrogens with zero attached hydrogens (tertiary/aromatic N) is 1. The fraction of sp³-hybridized carbons (Fsp3) is 0.320. The summed E-state index contributed by atoms with van der Waals surface area (Å²) in [6, 6.07) is 16.0. The third kappa shape index (κ3) is 4.66. The van der Waals surface area contributed by atoms with Crippen molar-refractivity contribution < 1.29 is 24.2 Å². The Balaban J connectivity index is 1.71. The maximum atomic E-state index is 13.0. The SMILES string of the molecule is C=CCN(CC(=O)O)C(=O)C(C)(CC)NC(=O)OCC1c2ccccc2-c2ccccc21. The predicted octanol–water partition coefficient (Wildman–Crippen LogP) is 3.79. The summed E-state index contributed by atoms with van der Waals surface area (Å²) in [6.07, 6.45) is 0.992. The lowest BCUT2D eigenvalue weighted by molar-refractivity contribution is -0.146. The molecule has 0 spiro atoms. The molecule has 1 aliphatic rings. The van der Waals surface area contributed by atoms with E-state index in [2.05, 4.69) is 24.0 Å². The molecule has 168 valence electrons. The molecule has 2 aromatic carbocycles. The number of benzene rings is 2. The van der Waals surface area contributed by atoms with Gasteiger partial charge in [-0.1, -0.05) is 61.5 Å². The van der Waals surface area contributed by atoms with Gasteiger partial charge in [-0.2, -0.15) is 0 Å². The van der Waals surface area contributed by atoms with Crippen LogP contribution in [0.3, 0.4) is 0 Å². The molecule has 1 unspecified atom stereocenters. The summed E-state index contributed by atoms with van der Waals surface area (Å²) in [5.74, 6) is -1.74. The number of hydrogen-bond acceptors (Lipinski definition) is 4. The van der Waals surface area contributed by atoms with E-state index in [1.807, 2.05) is 36.4 Å². The molecule has 7 heteroatoms. The number of aliphatic carboxylic acids is 1. The molecule has 0 radical (unpaired) electrons. The van der Waals surface area contributed by atoms with E-state index < -0.39 is 30.1 Å². The molecule has 32 heavy (non-hydrogen) atoms. The summed E-state index contributed by atoms with van der Waals surface area (Å²) in [4.78, 5) is 37.9. The molecule has 7 nitrogen and oxygen atoms in total. The van der Waals surface area contributed by atoms with Crippen LogP contribution in [0.1, 0.15) is 37.3 Å². The van der Waals surface area contributed by atoms with Gasteiger partial charge in [0.05, 0.1) is 0 Å².